The molecule has 0 aliphatic carbocycles. The molecule has 4 aromatic rings. The second kappa shape index (κ2) is 56.0. The number of aliphatic hydroxyl groups is 2. The van der Waals surface area contributed by atoms with Crippen molar-refractivity contribution in [2.45, 2.75) is 88.3 Å². The van der Waals surface area contributed by atoms with Gasteiger partial charge < -0.3 is 60.3 Å². The molecule has 0 radical (unpaired) electrons. The molecule has 406 valence electrons. The van der Waals surface area contributed by atoms with Crippen LogP contribution in [-0.4, -0.2) is 110 Å². The Morgan fingerprint density at radius 2 is 0.403 bits per heavy atom. The third kappa shape index (κ3) is 35.9. The largest absolute Gasteiger partial charge is 2.00 e. The van der Waals surface area contributed by atoms with E-state index in [1.54, 1.807) is 0 Å². The molecule has 6 aliphatic heterocycles. The van der Waals surface area contributed by atoms with Gasteiger partial charge in [0.25, 0.3) is 0 Å². The Bertz CT molecular complexity index is 1590. The van der Waals surface area contributed by atoms with Crippen LogP contribution in [0, 0.1) is 93.8 Å². The summed E-state index contributed by atoms with van der Waals surface area (Å²) in [4.78, 5) is 0. The number of hydrogen-bond donors (Lipinski definition) is 2. The van der Waals surface area contributed by atoms with Gasteiger partial charge in [0.1, 0.15) is 0 Å². The molecule has 10 rings (SSSR count). The Balaban J connectivity index is -0.000000875. The molecule has 18 heteroatoms. The molecule has 6 heterocycles. The maximum absolute atomic E-state index is 12.3. The summed E-state index contributed by atoms with van der Waals surface area (Å²) in [5, 5.41) is 58.5. The van der Waals surface area contributed by atoms with Gasteiger partial charge in [-0.1, -0.05) is 170 Å². The van der Waals surface area contributed by atoms with E-state index in [1.807, 2.05) is 121 Å². The molecule has 0 atom stereocenters. The van der Waals surface area contributed by atoms with Crippen molar-refractivity contribution in [3.8, 4) is 0 Å². The van der Waals surface area contributed by atoms with E-state index in [0.29, 0.717) is 22.3 Å². The molecular weight excluding hydrogens is 1310 g/mol. The van der Waals surface area contributed by atoms with Crippen molar-refractivity contribution in [3.05, 3.63) is 165 Å². The number of isothiocyanates is 4. The summed E-state index contributed by atoms with van der Waals surface area (Å²) in [6.07, 6.45) is 15.3. The Morgan fingerprint density at radius 1 is 0.292 bits per heavy atom. The minimum Gasteiger partial charge on any atom is -0.753 e. The monoisotopic (exact) mass is 1380 g/mol. The third-order valence-electron chi connectivity index (χ3n) is 10.3. The number of hydrogen-bond acceptors (Lipinski definition) is 12. The number of benzene rings is 4. The van der Waals surface area contributed by atoms with Crippen LogP contribution in [-0.2, 0) is 39.6 Å². The van der Waals surface area contributed by atoms with Crippen LogP contribution in [0.25, 0.3) is 21.6 Å². The van der Waals surface area contributed by atoms with Crippen LogP contribution in [0.15, 0.2) is 121 Å². The van der Waals surface area contributed by atoms with Gasteiger partial charge >= 0.3 is 93.8 Å². The van der Waals surface area contributed by atoms with E-state index in [4.69, 9.17) is 50.1 Å². The Morgan fingerprint density at radius 3 is 0.486 bits per heavy atom. The van der Waals surface area contributed by atoms with E-state index in [9.17, 15) is 10.2 Å². The van der Waals surface area contributed by atoms with Crippen molar-refractivity contribution < 1.29 is 132 Å². The number of thiocarbonyl (C=S) groups is 4. The molecule has 0 saturated carbocycles. The van der Waals surface area contributed by atoms with Gasteiger partial charge in [0.05, 0.1) is 0 Å². The summed E-state index contributed by atoms with van der Waals surface area (Å²) in [5.41, 5.74) is -0.906. The van der Waals surface area contributed by atoms with E-state index in [0.717, 1.165) is 79.3 Å². The molecule has 0 unspecified atom stereocenters. The zero-order valence-corrected chi connectivity index (χ0v) is 47.5. The van der Waals surface area contributed by atoms with E-state index in [2.05, 4.69) is 48.9 Å². The van der Waals surface area contributed by atoms with Gasteiger partial charge in [0.2, 0.25) is 0 Å². The quantitative estimate of drug-likeness (QED) is 0.143. The van der Waals surface area contributed by atoms with Crippen LogP contribution in [0.2, 0.25) is 0 Å². The van der Waals surface area contributed by atoms with E-state index < -0.39 is 11.2 Å². The van der Waals surface area contributed by atoms with Crippen molar-refractivity contribution in [1.82, 2.24) is 0 Å². The molecule has 6 aliphatic rings. The van der Waals surface area contributed by atoms with Gasteiger partial charge in [-0.2, -0.15) is 20.6 Å². The summed E-state index contributed by atoms with van der Waals surface area (Å²) >= 11 is 14.8. The molecule has 0 amide bonds. The smallest absolute Gasteiger partial charge is 0.753 e. The first-order valence-corrected chi connectivity index (χ1v) is 25.1. The number of nitrogens with zero attached hydrogens (tertiary/aromatic N) is 4. The minimum atomic E-state index is -1.70. The van der Waals surface area contributed by atoms with E-state index in [-0.39, 0.29) is 93.8 Å². The summed E-state index contributed by atoms with van der Waals surface area (Å²) in [6, 6.07) is 37.4. The average molecular weight is 1380 g/mol. The molecule has 0 spiro atoms. The number of rotatable bonds is 5. The van der Waals surface area contributed by atoms with Gasteiger partial charge in [-0.05, 0) is 99.3 Å². The zero-order valence-electron chi connectivity index (χ0n) is 40.8. The van der Waals surface area contributed by atoms with Crippen LogP contribution in [0.1, 0.15) is 99.3 Å². The second-order valence-corrected chi connectivity index (χ2v) is 15.9. The zero-order chi connectivity index (χ0) is 51.5. The summed E-state index contributed by atoms with van der Waals surface area (Å²) in [7, 11) is 0. The predicted octanol–water partition coefficient (Wildman–Crippen LogP) is 12.3. The van der Waals surface area contributed by atoms with Gasteiger partial charge in [-0.15, -0.1) is 0 Å². The van der Waals surface area contributed by atoms with Crippen LogP contribution in [0.4, 0.5) is 0 Å². The molecule has 6 fully saturated rings. The molecular formula is C54H70N4O8S4Yb2. The molecule has 6 saturated heterocycles. The van der Waals surface area contributed by atoms with Gasteiger partial charge in [-0.3, -0.25) is 0 Å². The Labute approximate surface area is 528 Å². The van der Waals surface area contributed by atoms with E-state index in [1.165, 1.54) is 97.7 Å². The Kier molecular flexibility index (Phi) is 58.4. The molecule has 4 aromatic carbocycles. The van der Waals surface area contributed by atoms with Gasteiger partial charge in [-0.25, -0.2) is 0 Å². The summed E-state index contributed by atoms with van der Waals surface area (Å²) in [6.45, 7) is 12.0. The first kappa shape index (κ1) is 75.0. The SMILES string of the molecule is C1CCOC1.C1CCOC1.C1CCOC1.C1CCOC1.C1CCOC1.C1CCOC1.OC(c1ccccc1)(c1ccccc1)C(O)(c1ccccc1)c1ccccc1.[N-]=C=S.[N-]=C=S.[N-]=C=S.[N-]=C=S.[Yb+2].[Yb+2]. The van der Waals surface area contributed by atoms with Crippen molar-refractivity contribution in [1.29, 1.82) is 0 Å². The fourth-order valence-corrected chi connectivity index (χ4v) is 6.95. The van der Waals surface area contributed by atoms with Crippen molar-refractivity contribution in [2.75, 3.05) is 79.3 Å². The van der Waals surface area contributed by atoms with Crippen molar-refractivity contribution in [3.63, 3.8) is 0 Å². The molecule has 72 heavy (non-hydrogen) atoms. The summed E-state index contributed by atoms with van der Waals surface area (Å²) < 4.78 is 29.7. The first-order valence-electron chi connectivity index (χ1n) is 23.5. The topological polar surface area (TPSA) is 185 Å². The van der Waals surface area contributed by atoms with Crippen LogP contribution in [0.5, 0.6) is 0 Å². The van der Waals surface area contributed by atoms with E-state index >= 15 is 0 Å². The van der Waals surface area contributed by atoms with Gasteiger partial charge in [0, 0.05) is 79.3 Å². The van der Waals surface area contributed by atoms with Crippen LogP contribution < -0.4 is 0 Å². The molecule has 12 nitrogen and oxygen atoms in total. The maximum atomic E-state index is 12.3. The fourth-order valence-electron chi connectivity index (χ4n) is 6.95. The fraction of sp³-hybridized carbons (Fsp3) is 0.481. The third-order valence-corrected chi connectivity index (χ3v) is 10.3. The van der Waals surface area contributed by atoms with Gasteiger partial charge in [0.15, 0.2) is 11.2 Å². The standard InChI is InChI=1S/C26H22O2.6C4H8O.4CNS.2Yb/c27-25(21-13-5-1-6-14-21,22-15-7-2-8-16-22)26(28,23-17-9-3-10-18-23)24-19-11-4-12-20-24;6*1-2-4-5-3-1;4*2-1-3;;/h1-20,27-28H;6*1-4H2;;;;;;/q;;;;;;;4*-1;2*+2. The van der Waals surface area contributed by atoms with Crippen molar-refractivity contribution in [2.24, 2.45) is 0 Å². The normalized spacial score (nSPS) is 15.1. The maximum Gasteiger partial charge on any atom is 2.00 e. The second-order valence-electron chi connectivity index (χ2n) is 15.2. The molecule has 2 N–H and O–H groups in total. The van der Waals surface area contributed by atoms with Crippen molar-refractivity contribution >= 4 is 69.5 Å². The Hall–Kier alpha value is -1.20. The average Bonchev–Trinajstić information content (AvgIpc) is 4.26. The van der Waals surface area contributed by atoms with Crippen LogP contribution in [0.3, 0.4) is 0 Å². The summed E-state index contributed by atoms with van der Waals surface area (Å²) in [5.74, 6) is 0. The molecule has 0 bridgehead atoms. The predicted molar refractivity (Wildman–Crippen MR) is 296 cm³/mol. The number of ether oxygens (including phenoxy) is 6. The van der Waals surface area contributed by atoms with Crippen LogP contribution >= 0.6 is 48.9 Å². The molecule has 0 aromatic heterocycles. The minimum absolute atomic E-state index is 0. The first-order chi connectivity index (χ1) is 34.3.